The number of aromatic amines is 1. The molecule has 6 heteroatoms. The summed E-state index contributed by atoms with van der Waals surface area (Å²) in [4.78, 5) is 2.35. The van der Waals surface area contributed by atoms with Gasteiger partial charge in [-0.2, -0.15) is 5.10 Å². The second-order valence-corrected chi connectivity index (χ2v) is 6.82. The lowest BCUT2D eigenvalue weighted by molar-refractivity contribution is -0.0649. The molecule has 2 fully saturated rings. The fourth-order valence-electron chi connectivity index (χ4n) is 3.64. The molecule has 0 amide bonds. The molecule has 3 heterocycles. The zero-order valence-electron chi connectivity index (χ0n) is 14.0. The average Bonchev–Trinajstić information content (AvgIpc) is 3.01. The number of likely N-dealkylation sites (tertiary alicyclic amines) is 1. The van der Waals surface area contributed by atoms with Crippen LogP contribution in [0.3, 0.4) is 0 Å². The van der Waals surface area contributed by atoms with E-state index in [0.717, 1.165) is 52.0 Å². The second kappa shape index (κ2) is 8.24. The summed E-state index contributed by atoms with van der Waals surface area (Å²) < 4.78 is 11.1. The molecule has 130 valence electrons. The number of aromatic nitrogens is 2. The number of ether oxygens (including phenoxy) is 2. The van der Waals surface area contributed by atoms with Crippen molar-refractivity contribution in [3.05, 3.63) is 17.5 Å². The highest BCUT2D eigenvalue weighted by Crippen LogP contribution is 2.29. The molecule has 0 aromatic carbocycles. The van der Waals surface area contributed by atoms with Crippen molar-refractivity contribution in [3.63, 3.8) is 0 Å². The van der Waals surface area contributed by atoms with Gasteiger partial charge < -0.3 is 19.5 Å². The lowest BCUT2D eigenvalue weighted by Crippen LogP contribution is -2.40. The van der Waals surface area contributed by atoms with Gasteiger partial charge in [-0.3, -0.25) is 5.10 Å². The van der Waals surface area contributed by atoms with Crippen LogP contribution in [0.1, 0.15) is 42.9 Å². The number of H-pyrrole nitrogens is 1. The van der Waals surface area contributed by atoms with Crippen molar-refractivity contribution < 1.29 is 14.6 Å². The van der Waals surface area contributed by atoms with Gasteiger partial charge in [0.25, 0.3) is 0 Å². The quantitative estimate of drug-likeness (QED) is 0.829. The van der Waals surface area contributed by atoms with E-state index in [2.05, 4.69) is 22.0 Å². The van der Waals surface area contributed by atoms with Crippen LogP contribution >= 0.6 is 0 Å². The molecule has 1 aromatic heterocycles. The first-order valence-electron chi connectivity index (χ1n) is 8.82. The van der Waals surface area contributed by atoms with Crippen molar-refractivity contribution in [2.24, 2.45) is 0 Å². The summed E-state index contributed by atoms with van der Waals surface area (Å²) in [6, 6.07) is 0. The lowest BCUT2D eigenvalue weighted by atomic mass is 9.90. The van der Waals surface area contributed by atoms with Gasteiger partial charge in [-0.1, -0.05) is 0 Å². The predicted octanol–water partition coefficient (Wildman–Crippen LogP) is 1.45. The van der Waals surface area contributed by atoms with Crippen molar-refractivity contribution in [1.29, 1.82) is 0 Å². The van der Waals surface area contributed by atoms with Gasteiger partial charge in [-0.05, 0) is 57.2 Å². The second-order valence-electron chi connectivity index (χ2n) is 6.82. The van der Waals surface area contributed by atoms with Crippen molar-refractivity contribution in [2.45, 2.75) is 50.7 Å². The Balaban J connectivity index is 1.35. The van der Waals surface area contributed by atoms with Crippen LogP contribution in [0.5, 0.6) is 0 Å². The van der Waals surface area contributed by atoms with Gasteiger partial charge in [0.1, 0.15) is 0 Å². The van der Waals surface area contributed by atoms with Gasteiger partial charge >= 0.3 is 0 Å². The third-order valence-corrected chi connectivity index (χ3v) is 5.06. The van der Waals surface area contributed by atoms with Gasteiger partial charge in [0.05, 0.1) is 25.0 Å². The van der Waals surface area contributed by atoms with E-state index in [1.165, 1.54) is 11.3 Å². The van der Waals surface area contributed by atoms with Crippen LogP contribution in [-0.4, -0.2) is 71.9 Å². The van der Waals surface area contributed by atoms with Crippen LogP contribution < -0.4 is 0 Å². The number of piperidine rings is 1. The Morgan fingerprint density at radius 2 is 2.09 bits per heavy atom. The van der Waals surface area contributed by atoms with Crippen molar-refractivity contribution in [1.82, 2.24) is 15.1 Å². The third-order valence-electron chi connectivity index (χ3n) is 5.06. The maximum atomic E-state index is 10.2. The molecule has 0 saturated carbocycles. The summed E-state index contributed by atoms with van der Waals surface area (Å²) in [7, 11) is 0. The maximum Gasteiger partial charge on any atom is 0.0900 e. The van der Waals surface area contributed by atoms with Gasteiger partial charge in [0, 0.05) is 25.5 Å². The Hall–Kier alpha value is -0.950. The third kappa shape index (κ3) is 4.76. The van der Waals surface area contributed by atoms with Crippen molar-refractivity contribution in [3.8, 4) is 0 Å². The largest absolute Gasteiger partial charge is 0.389 e. The van der Waals surface area contributed by atoms with Gasteiger partial charge in [0.2, 0.25) is 0 Å². The average molecular weight is 323 g/mol. The molecular weight excluding hydrogens is 294 g/mol. The predicted molar refractivity (Wildman–Crippen MR) is 87.5 cm³/mol. The Kier molecular flexibility index (Phi) is 6.05. The van der Waals surface area contributed by atoms with Gasteiger partial charge in [-0.25, -0.2) is 0 Å². The molecule has 2 aliphatic heterocycles. The van der Waals surface area contributed by atoms with E-state index in [0.29, 0.717) is 19.1 Å². The Morgan fingerprint density at radius 3 is 2.74 bits per heavy atom. The molecule has 1 aromatic rings. The van der Waals surface area contributed by atoms with Crippen LogP contribution in [0.15, 0.2) is 6.20 Å². The van der Waals surface area contributed by atoms with Crippen LogP contribution in [0, 0.1) is 6.92 Å². The van der Waals surface area contributed by atoms with E-state index in [-0.39, 0.29) is 6.10 Å². The molecule has 0 aliphatic carbocycles. The molecule has 0 bridgehead atoms. The molecule has 1 unspecified atom stereocenters. The number of rotatable bonds is 6. The summed E-state index contributed by atoms with van der Waals surface area (Å²) in [5.74, 6) is 0.598. The van der Waals surface area contributed by atoms with Crippen molar-refractivity contribution in [2.75, 3.05) is 39.5 Å². The molecule has 2 saturated heterocycles. The Labute approximate surface area is 138 Å². The number of β-amino-alcohol motifs (C(OH)–C–C–N with tert-alkyl or cyclic N) is 1. The van der Waals surface area contributed by atoms with Crippen molar-refractivity contribution >= 4 is 0 Å². The molecule has 2 aliphatic rings. The fourth-order valence-corrected chi connectivity index (χ4v) is 3.64. The summed E-state index contributed by atoms with van der Waals surface area (Å²) >= 11 is 0. The minimum Gasteiger partial charge on any atom is -0.389 e. The van der Waals surface area contributed by atoms with E-state index in [1.807, 2.05) is 6.20 Å². The topological polar surface area (TPSA) is 70.6 Å². The molecule has 2 N–H and O–H groups in total. The summed E-state index contributed by atoms with van der Waals surface area (Å²) in [5, 5.41) is 17.4. The zero-order chi connectivity index (χ0) is 16.1. The van der Waals surface area contributed by atoms with Crippen LogP contribution in [0.4, 0.5) is 0 Å². The minimum atomic E-state index is -0.398. The highest BCUT2D eigenvalue weighted by atomic mass is 16.5. The first kappa shape index (κ1) is 16.9. The number of aryl methyl sites for hydroxylation is 1. The van der Waals surface area contributed by atoms with Gasteiger partial charge in [-0.15, -0.1) is 0 Å². The number of hydrogen-bond donors (Lipinski definition) is 2. The summed E-state index contributed by atoms with van der Waals surface area (Å²) in [6.07, 6.45) is 5.98. The molecular formula is C17H29N3O3. The Bertz CT molecular complexity index is 465. The van der Waals surface area contributed by atoms with Crippen LogP contribution in [0.25, 0.3) is 0 Å². The normalized spacial score (nSPS) is 23.2. The number of nitrogens with one attached hydrogen (secondary N) is 1. The number of aliphatic hydroxyl groups is 1. The standard InChI is InChI=1S/C17H29N3O3/c1-13-17(10-18-19-13)14-2-6-20(7-3-14)11-15(21)12-23-16-4-8-22-9-5-16/h10,14-16,21H,2-9,11-12H2,1H3,(H,18,19). The Morgan fingerprint density at radius 1 is 1.35 bits per heavy atom. The number of hydrogen-bond acceptors (Lipinski definition) is 5. The molecule has 6 nitrogen and oxygen atoms in total. The first-order valence-corrected chi connectivity index (χ1v) is 8.82. The zero-order valence-corrected chi connectivity index (χ0v) is 14.0. The highest BCUT2D eigenvalue weighted by molar-refractivity contribution is 5.20. The van der Waals surface area contributed by atoms with Crippen LogP contribution in [-0.2, 0) is 9.47 Å². The molecule has 0 spiro atoms. The number of nitrogens with zero attached hydrogens (tertiary/aromatic N) is 2. The fraction of sp³-hybridized carbons (Fsp3) is 0.824. The first-order chi connectivity index (χ1) is 11.2. The summed E-state index contributed by atoms with van der Waals surface area (Å²) in [5.41, 5.74) is 2.54. The minimum absolute atomic E-state index is 0.258. The summed E-state index contributed by atoms with van der Waals surface area (Å²) in [6.45, 7) is 6.86. The smallest absolute Gasteiger partial charge is 0.0900 e. The lowest BCUT2D eigenvalue weighted by Gasteiger charge is -2.33. The SMILES string of the molecule is Cc1[nH]ncc1C1CCN(CC(O)COC2CCOCC2)CC1. The van der Waals surface area contributed by atoms with Gasteiger partial charge in [0.15, 0.2) is 0 Å². The maximum absolute atomic E-state index is 10.2. The van der Waals surface area contributed by atoms with E-state index >= 15 is 0 Å². The molecule has 1 atom stereocenters. The molecule has 3 rings (SSSR count). The molecule has 23 heavy (non-hydrogen) atoms. The van der Waals surface area contributed by atoms with E-state index in [9.17, 15) is 5.11 Å². The van der Waals surface area contributed by atoms with E-state index in [4.69, 9.17) is 9.47 Å². The number of aliphatic hydroxyl groups excluding tert-OH is 1. The van der Waals surface area contributed by atoms with E-state index < -0.39 is 6.10 Å². The molecule has 0 radical (unpaired) electrons. The highest BCUT2D eigenvalue weighted by Gasteiger charge is 2.24. The van der Waals surface area contributed by atoms with Crippen LogP contribution in [0.2, 0.25) is 0 Å². The monoisotopic (exact) mass is 323 g/mol. The van der Waals surface area contributed by atoms with E-state index in [1.54, 1.807) is 0 Å².